The van der Waals surface area contributed by atoms with Gasteiger partial charge in [0.1, 0.15) is 18.7 Å². The van der Waals surface area contributed by atoms with Crippen molar-refractivity contribution in [3.63, 3.8) is 0 Å². The smallest absolute Gasteiger partial charge is 0.408 e. The van der Waals surface area contributed by atoms with Crippen LogP contribution < -0.4 is 16.4 Å². The molecule has 0 aromatic heterocycles. The number of hydrogen-bond donors (Lipinski definition) is 3. The third-order valence-electron chi connectivity index (χ3n) is 5.15. The first kappa shape index (κ1) is 25.0. The van der Waals surface area contributed by atoms with Crippen LogP contribution in [0.3, 0.4) is 0 Å². The molecule has 4 N–H and O–H groups in total. The van der Waals surface area contributed by atoms with Crippen molar-refractivity contribution in [3.8, 4) is 0 Å². The van der Waals surface area contributed by atoms with Gasteiger partial charge < -0.3 is 21.1 Å². The summed E-state index contributed by atoms with van der Waals surface area (Å²) in [7, 11) is 0. The van der Waals surface area contributed by atoms with Crippen LogP contribution in [-0.2, 0) is 33.8 Å². The summed E-state index contributed by atoms with van der Waals surface area (Å²) >= 11 is 3.44. The Bertz CT molecular complexity index is 1110. The molecule has 176 valence electrons. The van der Waals surface area contributed by atoms with Crippen LogP contribution in [-0.4, -0.2) is 30.0 Å². The molecular formula is C26H26BrN3O4. The number of rotatable bonds is 10. The fourth-order valence-corrected chi connectivity index (χ4v) is 3.79. The number of carbonyl (C=O) groups excluding carboxylic acids is 3. The van der Waals surface area contributed by atoms with Crippen LogP contribution in [0, 0.1) is 0 Å². The van der Waals surface area contributed by atoms with E-state index in [9.17, 15) is 14.4 Å². The molecule has 0 radical (unpaired) electrons. The average Bonchev–Trinajstić information content (AvgIpc) is 2.84. The molecular weight excluding hydrogens is 498 g/mol. The van der Waals surface area contributed by atoms with Crippen LogP contribution in [0.2, 0.25) is 0 Å². The van der Waals surface area contributed by atoms with Crippen molar-refractivity contribution in [2.24, 2.45) is 5.73 Å². The maximum Gasteiger partial charge on any atom is 0.408 e. The van der Waals surface area contributed by atoms with Crippen molar-refractivity contribution in [2.45, 2.75) is 31.5 Å². The monoisotopic (exact) mass is 523 g/mol. The zero-order valence-corrected chi connectivity index (χ0v) is 20.0. The Morgan fingerprint density at radius 2 is 1.35 bits per heavy atom. The molecule has 2 atom stereocenters. The van der Waals surface area contributed by atoms with Gasteiger partial charge in [0.15, 0.2) is 0 Å². The van der Waals surface area contributed by atoms with Gasteiger partial charge in [-0.3, -0.25) is 9.59 Å². The first-order valence-electron chi connectivity index (χ1n) is 10.8. The third kappa shape index (κ3) is 7.74. The molecule has 0 fully saturated rings. The largest absolute Gasteiger partial charge is 0.445 e. The lowest BCUT2D eigenvalue weighted by molar-refractivity contribution is -0.128. The Balaban J connectivity index is 1.70. The number of halogens is 1. The maximum absolute atomic E-state index is 13.1. The minimum absolute atomic E-state index is 0.0678. The lowest BCUT2D eigenvalue weighted by atomic mass is 10.0. The van der Waals surface area contributed by atoms with Crippen LogP contribution in [0.25, 0.3) is 0 Å². The number of amides is 3. The summed E-state index contributed by atoms with van der Waals surface area (Å²) in [5, 5.41) is 5.31. The molecule has 3 rings (SSSR count). The predicted molar refractivity (Wildman–Crippen MR) is 133 cm³/mol. The first-order valence-corrected chi connectivity index (χ1v) is 11.6. The second-order valence-electron chi connectivity index (χ2n) is 7.71. The second-order valence-corrected chi connectivity index (χ2v) is 8.56. The summed E-state index contributed by atoms with van der Waals surface area (Å²) in [5.41, 5.74) is 8.05. The first-order chi connectivity index (χ1) is 16.4. The molecule has 3 amide bonds. The Labute approximate surface area is 206 Å². The summed E-state index contributed by atoms with van der Waals surface area (Å²) < 4.78 is 6.09. The molecule has 0 saturated carbocycles. The molecule has 0 spiro atoms. The van der Waals surface area contributed by atoms with Crippen LogP contribution in [0.15, 0.2) is 89.4 Å². The van der Waals surface area contributed by atoms with Gasteiger partial charge in [-0.15, -0.1) is 0 Å². The molecule has 3 aromatic rings. The zero-order valence-electron chi connectivity index (χ0n) is 18.4. The van der Waals surface area contributed by atoms with E-state index in [0.717, 1.165) is 21.2 Å². The highest BCUT2D eigenvalue weighted by molar-refractivity contribution is 9.10. The molecule has 0 bridgehead atoms. The molecule has 3 aromatic carbocycles. The third-order valence-corrected chi connectivity index (χ3v) is 5.92. The normalized spacial score (nSPS) is 12.3. The summed E-state index contributed by atoms with van der Waals surface area (Å²) in [4.78, 5) is 37.7. The summed E-state index contributed by atoms with van der Waals surface area (Å²) in [5.74, 6) is -1.20. The number of nitrogens with two attached hydrogens (primary N) is 1. The highest BCUT2D eigenvalue weighted by atomic mass is 79.9. The van der Waals surface area contributed by atoms with E-state index in [1.54, 1.807) is 0 Å². The number of nitrogens with one attached hydrogen (secondary N) is 2. The summed E-state index contributed by atoms with van der Waals surface area (Å²) in [6.45, 7) is 0.0678. The quantitative estimate of drug-likeness (QED) is 0.377. The highest BCUT2D eigenvalue weighted by Gasteiger charge is 2.27. The van der Waals surface area contributed by atoms with Gasteiger partial charge in [0.05, 0.1) is 0 Å². The number of hydrogen-bond acceptors (Lipinski definition) is 4. The number of ether oxygens (including phenoxy) is 1. The molecule has 0 aliphatic rings. The Hall–Kier alpha value is -3.65. The van der Waals surface area contributed by atoms with Crippen molar-refractivity contribution in [3.05, 3.63) is 106 Å². The zero-order chi connectivity index (χ0) is 24.3. The van der Waals surface area contributed by atoms with E-state index in [0.29, 0.717) is 0 Å². The van der Waals surface area contributed by atoms with Gasteiger partial charge in [0.2, 0.25) is 11.8 Å². The molecule has 34 heavy (non-hydrogen) atoms. The fraction of sp³-hybridized carbons (Fsp3) is 0.192. The molecule has 0 saturated heterocycles. The van der Waals surface area contributed by atoms with Gasteiger partial charge >= 0.3 is 6.09 Å². The minimum atomic E-state index is -0.966. The standard InChI is InChI=1S/C26H26BrN3O4/c27-21-14-8-7-13-20(21)16-22(24(28)31)29-25(32)23(15-18-9-3-1-4-10-18)30-26(33)34-17-19-11-5-2-6-12-19/h1-14,22-23H,15-17H2,(H2,28,31)(H,29,32)(H,30,33)/t22-,23+/m0/s1. The van der Waals surface area contributed by atoms with Gasteiger partial charge in [-0.1, -0.05) is 94.8 Å². The van der Waals surface area contributed by atoms with E-state index >= 15 is 0 Å². The molecule has 0 aliphatic heterocycles. The van der Waals surface area contributed by atoms with Crippen molar-refractivity contribution >= 4 is 33.8 Å². The predicted octanol–water partition coefficient (Wildman–Crippen LogP) is 3.50. The van der Waals surface area contributed by atoms with Crippen molar-refractivity contribution in [1.29, 1.82) is 0 Å². The number of primary amides is 1. The molecule has 0 unspecified atom stereocenters. The Morgan fingerprint density at radius 1 is 0.765 bits per heavy atom. The van der Waals surface area contributed by atoms with E-state index in [1.807, 2.05) is 84.9 Å². The van der Waals surface area contributed by atoms with Gasteiger partial charge in [-0.2, -0.15) is 0 Å². The van der Waals surface area contributed by atoms with E-state index < -0.39 is 30.0 Å². The van der Waals surface area contributed by atoms with Crippen molar-refractivity contribution < 1.29 is 19.1 Å². The fourth-order valence-electron chi connectivity index (χ4n) is 3.35. The SMILES string of the molecule is NC(=O)[C@H](Cc1ccccc1Br)NC(=O)[C@@H](Cc1ccccc1)NC(=O)OCc1ccccc1. The number of carbonyl (C=O) groups is 3. The Kier molecular flexibility index (Phi) is 9.22. The van der Waals surface area contributed by atoms with Crippen LogP contribution >= 0.6 is 15.9 Å². The van der Waals surface area contributed by atoms with Crippen LogP contribution in [0.1, 0.15) is 16.7 Å². The van der Waals surface area contributed by atoms with Crippen LogP contribution in [0.5, 0.6) is 0 Å². The van der Waals surface area contributed by atoms with Crippen molar-refractivity contribution in [1.82, 2.24) is 10.6 Å². The van der Waals surface area contributed by atoms with E-state index in [2.05, 4.69) is 26.6 Å². The van der Waals surface area contributed by atoms with Gasteiger partial charge in [-0.25, -0.2) is 4.79 Å². The maximum atomic E-state index is 13.1. The number of alkyl carbamates (subject to hydrolysis) is 1. The van der Waals surface area contributed by atoms with Crippen LogP contribution in [0.4, 0.5) is 4.79 Å². The molecule has 7 nitrogen and oxygen atoms in total. The van der Waals surface area contributed by atoms with Gasteiger partial charge in [0, 0.05) is 17.3 Å². The van der Waals surface area contributed by atoms with E-state index in [1.165, 1.54) is 0 Å². The van der Waals surface area contributed by atoms with E-state index in [-0.39, 0.29) is 19.4 Å². The lowest BCUT2D eigenvalue weighted by Gasteiger charge is -2.22. The number of benzene rings is 3. The van der Waals surface area contributed by atoms with Crippen molar-refractivity contribution in [2.75, 3.05) is 0 Å². The van der Waals surface area contributed by atoms with Gasteiger partial charge in [-0.05, 0) is 22.8 Å². The Morgan fingerprint density at radius 3 is 1.97 bits per heavy atom. The second kappa shape index (κ2) is 12.6. The lowest BCUT2D eigenvalue weighted by Crippen LogP contribution is -2.54. The minimum Gasteiger partial charge on any atom is -0.445 e. The van der Waals surface area contributed by atoms with Gasteiger partial charge in [0.25, 0.3) is 0 Å². The molecule has 0 heterocycles. The topological polar surface area (TPSA) is 111 Å². The summed E-state index contributed by atoms with van der Waals surface area (Å²) in [6.07, 6.45) is -0.312. The highest BCUT2D eigenvalue weighted by Crippen LogP contribution is 2.17. The molecule has 0 aliphatic carbocycles. The average molecular weight is 524 g/mol. The molecule has 8 heteroatoms. The van der Waals surface area contributed by atoms with E-state index in [4.69, 9.17) is 10.5 Å². The summed E-state index contributed by atoms with van der Waals surface area (Å²) in [6, 6.07) is 23.9.